The molecule has 11 heavy (non-hydrogen) atoms. The van der Waals surface area contributed by atoms with Gasteiger partial charge in [0.2, 0.25) is 0 Å². The van der Waals surface area contributed by atoms with Gasteiger partial charge in [0, 0.05) is 0 Å². The molecular formula is C8H12LiNO. The fraction of sp³-hybridized carbons (Fsp3) is 0.250. The van der Waals surface area contributed by atoms with E-state index >= 15 is 0 Å². The van der Waals surface area contributed by atoms with Crippen molar-refractivity contribution < 1.29 is 5.11 Å². The van der Waals surface area contributed by atoms with Crippen LogP contribution in [0.3, 0.4) is 0 Å². The van der Waals surface area contributed by atoms with Crippen LogP contribution in [0.15, 0.2) is 24.3 Å². The molecular weight excluding hydrogens is 133 g/mol. The second kappa shape index (κ2) is 5.26. The van der Waals surface area contributed by atoms with Gasteiger partial charge >= 0.3 is 18.9 Å². The van der Waals surface area contributed by atoms with Gasteiger partial charge in [-0.25, -0.2) is 0 Å². The summed E-state index contributed by atoms with van der Waals surface area (Å²) in [5.74, 6) is 0.306. The van der Waals surface area contributed by atoms with Crippen molar-refractivity contribution in [2.75, 3.05) is 6.54 Å². The summed E-state index contributed by atoms with van der Waals surface area (Å²) in [5, 5.41) is 8.89. The SMILES string of the molecule is NCCc1ccc(O)cc1.[LiH]. The van der Waals surface area contributed by atoms with E-state index in [1.165, 1.54) is 5.56 Å². The molecule has 0 aliphatic carbocycles. The van der Waals surface area contributed by atoms with Crippen LogP contribution < -0.4 is 5.73 Å². The van der Waals surface area contributed by atoms with Crippen molar-refractivity contribution in [3.63, 3.8) is 0 Å². The molecule has 3 heteroatoms. The summed E-state index contributed by atoms with van der Waals surface area (Å²) in [6.07, 6.45) is 0.875. The van der Waals surface area contributed by atoms with Crippen molar-refractivity contribution in [3.8, 4) is 5.75 Å². The normalized spacial score (nSPS) is 8.82. The van der Waals surface area contributed by atoms with Gasteiger partial charge in [0.25, 0.3) is 0 Å². The predicted octanol–water partition coefficient (Wildman–Crippen LogP) is 0.245. The van der Waals surface area contributed by atoms with E-state index in [0.29, 0.717) is 12.3 Å². The average Bonchev–Trinajstić information content (AvgIpc) is 1.95. The van der Waals surface area contributed by atoms with Gasteiger partial charge in [-0.15, -0.1) is 0 Å². The summed E-state index contributed by atoms with van der Waals surface area (Å²) in [6, 6.07) is 7.10. The third kappa shape index (κ3) is 3.48. The van der Waals surface area contributed by atoms with Gasteiger partial charge in [-0.3, -0.25) is 0 Å². The van der Waals surface area contributed by atoms with E-state index in [1.54, 1.807) is 12.1 Å². The molecule has 0 saturated heterocycles. The van der Waals surface area contributed by atoms with Gasteiger partial charge < -0.3 is 10.8 Å². The van der Waals surface area contributed by atoms with Crippen LogP contribution in [0.4, 0.5) is 0 Å². The Kier molecular flexibility index (Phi) is 5.06. The van der Waals surface area contributed by atoms with Crippen LogP contribution in [0.5, 0.6) is 5.75 Å². The maximum absolute atomic E-state index is 8.89. The molecule has 3 N–H and O–H groups in total. The molecule has 0 aliphatic heterocycles. The summed E-state index contributed by atoms with van der Waals surface area (Å²) in [5.41, 5.74) is 6.50. The second-order valence-electron chi connectivity index (χ2n) is 2.21. The van der Waals surface area contributed by atoms with Crippen LogP contribution in [0, 0.1) is 0 Å². The Morgan fingerprint density at radius 1 is 1.18 bits per heavy atom. The fourth-order valence-electron chi connectivity index (χ4n) is 0.829. The van der Waals surface area contributed by atoms with E-state index in [2.05, 4.69) is 0 Å². The number of phenolic OH excluding ortho intramolecular Hbond substituents is 1. The molecule has 56 valence electrons. The first kappa shape index (κ1) is 10.6. The molecule has 0 amide bonds. The van der Waals surface area contributed by atoms with Crippen LogP contribution in [-0.2, 0) is 6.42 Å². The van der Waals surface area contributed by atoms with Crippen LogP contribution in [0.2, 0.25) is 0 Å². The molecule has 0 fully saturated rings. The summed E-state index contributed by atoms with van der Waals surface area (Å²) in [6.45, 7) is 0.658. The van der Waals surface area contributed by atoms with Gasteiger partial charge in [-0.05, 0) is 30.7 Å². The molecule has 0 unspecified atom stereocenters. The molecule has 0 aromatic heterocycles. The van der Waals surface area contributed by atoms with Gasteiger partial charge in [0.05, 0.1) is 0 Å². The van der Waals surface area contributed by atoms with Crippen LogP contribution in [0.25, 0.3) is 0 Å². The zero-order chi connectivity index (χ0) is 7.40. The molecule has 0 heterocycles. The Morgan fingerprint density at radius 3 is 2.18 bits per heavy atom. The summed E-state index contributed by atoms with van der Waals surface area (Å²) < 4.78 is 0. The van der Waals surface area contributed by atoms with Crippen molar-refractivity contribution >= 4 is 18.9 Å². The second-order valence-corrected chi connectivity index (χ2v) is 2.21. The van der Waals surface area contributed by atoms with Gasteiger partial charge in [0.15, 0.2) is 0 Å². The van der Waals surface area contributed by atoms with Crippen LogP contribution in [0.1, 0.15) is 5.56 Å². The van der Waals surface area contributed by atoms with E-state index in [1.807, 2.05) is 12.1 Å². The van der Waals surface area contributed by atoms with E-state index in [9.17, 15) is 0 Å². The zero-order valence-corrected chi connectivity index (χ0v) is 5.75. The predicted molar refractivity (Wildman–Crippen MR) is 48.0 cm³/mol. The summed E-state index contributed by atoms with van der Waals surface area (Å²) in [7, 11) is 0. The monoisotopic (exact) mass is 145 g/mol. The van der Waals surface area contributed by atoms with Gasteiger partial charge in [0.1, 0.15) is 5.75 Å². The molecule has 0 saturated carbocycles. The third-order valence-corrected chi connectivity index (χ3v) is 1.37. The Balaban J connectivity index is 0.000001000. The van der Waals surface area contributed by atoms with Crippen molar-refractivity contribution in [2.24, 2.45) is 5.73 Å². The van der Waals surface area contributed by atoms with Crippen molar-refractivity contribution in [2.45, 2.75) is 6.42 Å². The zero-order valence-electron chi connectivity index (χ0n) is 5.75. The van der Waals surface area contributed by atoms with Crippen LogP contribution in [-0.4, -0.2) is 30.5 Å². The fourth-order valence-corrected chi connectivity index (χ4v) is 0.829. The number of rotatable bonds is 2. The summed E-state index contributed by atoms with van der Waals surface area (Å²) in [4.78, 5) is 0. The van der Waals surface area contributed by atoms with E-state index in [-0.39, 0.29) is 18.9 Å². The average molecular weight is 145 g/mol. The van der Waals surface area contributed by atoms with Crippen molar-refractivity contribution in [1.29, 1.82) is 0 Å². The number of phenols is 1. The summed E-state index contributed by atoms with van der Waals surface area (Å²) >= 11 is 0. The molecule has 0 aliphatic rings. The van der Waals surface area contributed by atoms with Gasteiger partial charge in [-0.1, -0.05) is 12.1 Å². The first-order valence-corrected chi connectivity index (χ1v) is 3.31. The maximum atomic E-state index is 8.89. The first-order chi connectivity index (χ1) is 4.83. The molecule has 1 aromatic rings. The molecule has 0 radical (unpaired) electrons. The number of aromatic hydroxyl groups is 1. The van der Waals surface area contributed by atoms with E-state index in [4.69, 9.17) is 10.8 Å². The Hall–Kier alpha value is -0.423. The Labute approximate surface area is 78.6 Å². The molecule has 0 atom stereocenters. The topological polar surface area (TPSA) is 46.2 Å². The quantitative estimate of drug-likeness (QED) is 0.586. The van der Waals surface area contributed by atoms with Gasteiger partial charge in [-0.2, -0.15) is 0 Å². The molecule has 1 rings (SSSR count). The molecule has 0 bridgehead atoms. The number of benzene rings is 1. The third-order valence-electron chi connectivity index (χ3n) is 1.37. The number of nitrogens with two attached hydrogens (primary N) is 1. The van der Waals surface area contributed by atoms with E-state index < -0.39 is 0 Å². The Morgan fingerprint density at radius 2 is 1.73 bits per heavy atom. The standard InChI is InChI=1S/C8H11NO.Li.H/c9-6-5-7-1-3-8(10)4-2-7;;/h1-4,10H,5-6,9H2;;. The van der Waals surface area contributed by atoms with Crippen molar-refractivity contribution in [1.82, 2.24) is 0 Å². The number of hydrogen-bond acceptors (Lipinski definition) is 2. The first-order valence-electron chi connectivity index (χ1n) is 3.31. The minimum atomic E-state index is 0. The molecule has 2 nitrogen and oxygen atoms in total. The Bertz CT molecular complexity index is 198. The molecule has 0 spiro atoms. The van der Waals surface area contributed by atoms with Crippen LogP contribution >= 0.6 is 0 Å². The van der Waals surface area contributed by atoms with Crippen molar-refractivity contribution in [3.05, 3.63) is 29.8 Å². The van der Waals surface area contributed by atoms with E-state index in [0.717, 1.165) is 6.42 Å². The molecule has 1 aromatic carbocycles. The minimum absolute atomic E-state index is 0. The number of hydrogen-bond donors (Lipinski definition) is 2.